The number of aromatic nitrogens is 2. The molecule has 0 spiro atoms. The fourth-order valence-corrected chi connectivity index (χ4v) is 6.78. The average Bonchev–Trinajstić information content (AvgIpc) is 3.44. The van der Waals surface area contributed by atoms with Gasteiger partial charge in [0.05, 0.1) is 4.90 Å². The second-order valence-electron chi connectivity index (χ2n) is 10.3. The molecule has 1 unspecified atom stereocenters. The molecule has 8 nitrogen and oxygen atoms in total. The molecule has 1 aliphatic carbocycles. The van der Waals surface area contributed by atoms with Crippen LogP contribution in [0, 0.1) is 18.7 Å². The zero-order valence-electron chi connectivity index (χ0n) is 21.7. The number of aryl methyl sites for hydroxylation is 1. The van der Waals surface area contributed by atoms with Gasteiger partial charge in [0.2, 0.25) is 16.0 Å². The van der Waals surface area contributed by atoms with Crippen molar-refractivity contribution in [1.29, 1.82) is 0 Å². The molecule has 0 bridgehead atoms. The molecule has 2 fully saturated rings. The Morgan fingerprint density at radius 1 is 0.974 bits per heavy atom. The summed E-state index contributed by atoms with van der Waals surface area (Å²) in [6.07, 6.45) is 8.60. The van der Waals surface area contributed by atoms with Crippen LogP contribution in [0.2, 0.25) is 0 Å². The van der Waals surface area contributed by atoms with Crippen LogP contribution >= 0.6 is 0 Å². The third-order valence-electron chi connectivity index (χ3n) is 7.37. The van der Waals surface area contributed by atoms with Crippen molar-refractivity contribution in [2.45, 2.75) is 56.4 Å². The first kappa shape index (κ1) is 26.5. The number of hydrogen-bond donors (Lipinski definition) is 3. The second kappa shape index (κ2) is 11.8. The van der Waals surface area contributed by atoms with Crippen molar-refractivity contribution in [3.8, 4) is 0 Å². The van der Waals surface area contributed by atoms with Crippen LogP contribution in [0.5, 0.6) is 0 Å². The highest BCUT2D eigenvalue weighted by Gasteiger charge is 2.30. The van der Waals surface area contributed by atoms with Crippen LogP contribution in [0.1, 0.15) is 44.1 Å². The lowest BCUT2D eigenvalue weighted by atomic mass is 9.99. The third-order valence-corrected chi connectivity index (χ3v) is 9.25. The van der Waals surface area contributed by atoms with Gasteiger partial charge in [-0.25, -0.2) is 17.8 Å². The number of hydrogen-bond acceptors (Lipinski definition) is 7. The van der Waals surface area contributed by atoms with Gasteiger partial charge in [0.25, 0.3) is 0 Å². The Morgan fingerprint density at radius 2 is 1.74 bits per heavy atom. The molecule has 2 aromatic carbocycles. The molecule has 2 aliphatic rings. The highest BCUT2D eigenvalue weighted by atomic mass is 32.2. The quantitative estimate of drug-likeness (QED) is 0.338. The van der Waals surface area contributed by atoms with Gasteiger partial charge in [-0.1, -0.05) is 12.8 Å². The highest BCUT2D eigenvalue weighted by Crippen LogP contribution is 2.26. The van der Waals surface area contributed by atoms with E-state index in [-0.39, 0.29) is 10.7 Å². The minimum Gasteiger partial charge on any atom is -0.340 e. The molecule has 10 heteroatoms. The van der Waals surface area contributed by atoms with Crippen molar-refractivity contribution in [1.82, 2.24) is 19.6 Å². The Hall–Kier alpha value is -3.08. The van der Waals surface area contributed by atoms with Crippen molar-refractivity contribution in [2.24, 2.45) is 5.92 Å². The highest BCUT2D eigenvalue weighted by molar-refractivity contribution is 7.89. The van der Waals surface area contributed by atoms with Crippen LogP contribution in [0.3, 0.4) is 0 Å². The van der Waals surface area contributed by atoms with Crippen molar-refractivity contribution < 1.29 is 12.8 Å². The van der Waals surface area contributed by atoms with Crippen LogP contribution in [0.4, 0.5) is 27.5 Å². The maximum absolute atomic E-state index is 13.5. The lowest BCUT2D eigenvalue weighted by Gasteiger charge is -2.32. The Balaban J connectivity index is 1.20. The minimum atomic E-state index is -3.56. The fraction of sp³-hybridized carbons (Fsp3) is 0.429. The summed E-state index contributed by atoms with van der Waals surface area (Å²) in [6, 6.07) is 13.8. The molecule has 1 saturated heterocycles. The number of sulfonamides is 1. The summed E-state index contributed by atoms with van der Waals surface area (Å²) in [5.41, 5.74) is 1.94. The molecule has 5 rings (SSSR count). The van der Waals surface area contributed by atoms with E-state index >= 15 is 0 Å². The number of halogens is 1. The maximum Gasteiger partial charge on any atom is 0.243 e. The monoisotopic (exact) mass is 538 g/mol. The standard InChI is InChI=1S/C28H35FN6O2S/c1-20-17-24(10-13-26(20)29)32-27-14-15-30-28(34-27)33-23-8-11-25(12-9-23)38(36,37)35-16-4-5-21(19-35)18-31-22-6-2-3-7-22/h8-15,17,21-22,31H,2-7,16,18-19H2,1H3,(H2,30,32,33,34). The first-order chi connectivity index (χ1) is 18.4. The predicted molar refractivity (Wildman–Crippen MR) is 148 cm³/mol. The lowest BCUT2D eigenvalue weighted by Crippen LogP contribution is -2.44. The van der Waals surface area contributed by atoms with E-state index < -0.39 is 10.0 Å². The number of benzene rings is 2. The molecule has 3 N–H and O–H groups in total. The molecular formula is C28H35FN6O2S. The molecule has 1 atom stereocenters. The third kappa shape index (κ3) is 6.48. The van der Waals surface area contributed by atoms with Gasteiger partial charge in [-0.15, -0.1) is 0 Å². The van der Waals surface area contributed by atoms with E-state index in [9.17, 15) is 12.8 Å². The van der Waals surface area contributed by atoms with Gasteiger partial charge in [0.15, 0.2) is 0 Å². The van der Waals surface area contributed by atoms with E-state index in [1.165, 1.54) is 31.7 Å². The summed E-state index contributed by atoms with van der Waals surface area (Å²) in [4.78, 5) is 8.99. The smallest absolute Gasteiger partial charge is 0.243 e. The Kier molecular flexibility index (Phi) is 8.21. The van der Waals surface area contributed by atoms with Crippen LogP contribution < -0.4 is 16.0 Å². The van der Waals surface area contributed by atoms with Crippen molar-refractivity contribution in [2.75, 3.05) is 30.3 Å². The SMILES string of the molecule is Cc1cc(Nc2ccnc(Nc3ccc(S(=O)(=O)N4CCCC(CNC5CCCC5)C4)cc3)n2)ccc1F. The van der Waals surface area contributed by atoms with E-state index in [4.69, 9.17) is 0 Å². The Labute approximate surface area is 224 Å². The predicted octanol–water partition coefficient (Wildman–Crippen LogP) is 5.34. The van der Waals surface area contributed by atoms with Crippen LogP contribution in [0.25, 0.3) is 0 Å². The molecule has 1 saturated carbocycles. The number of anilines is 4. The largest absolute Gasteiger partial charge is 0.340 e. The zero-order chi connectivity index (χ0) is 26.5. The fourth-order valence-electron chi connectivity index (χ4n) is 5.22. The normalized spacial score (nSPS) is 18.9. The number of rotatable bonds is 9. The maximum atomic E-state index is 13.5. The van der Waals surface area contributed by atoms with Gasteiger partial charge in [-0.3, -0.25) is 0 Å². The molecular weight excluding hydrogens is 503 g/mol. The topological polar surface area (TPSA) is 99.2 Å². The van der Waals surface area contributed by atoms with E-state index in [0.29, 0.717) is 48.1 Å². The van der Waals surface area contributed by atoms with Gasteiger partial charge in [0, 0.05) is 36.7 Å². The molecule has 2 heterocycles. The van der Waals surface area contributed by atoms with Gasteiger partial charge in [-0.05, 0) is 99.2 Å². The summed E-state index contributed by atoms with van der Waals surface area (Å²) in [5.74, 6) is 0.993. The number of nitrogens with one attached hydrogen (secondary N) is 3. The molecule has 1 aromatic heterocycles. The van der Waals surface area contributed by atoms with Crippen LogP contribution in [-0.2, 0) is 10.0 Å². The molecule has 1 aliphatic heterocycles. The number of nitrogens with zero attached hydrogens (tertiary/aromatic N) is 3. The summed E-state index contributed by atoms with van der Waals surface area (Å²) in [5, 5.41) is 9.92. The summed E-state index contributed by atoms with van der Waals surface area (Å²) in [6.45, 7) is 3.70. The zero-order valence-corrected chi connectivity index (χ0v) is 22.5. The summed E-state index contributed by atoms with van der Waals surface area (Å²) in [7, 11) is -3.56. The van der Waals surface area contributed by atoms with E-state index in [1.807, 2.05) is 0 Å². The van der Waals surface area contributed by atoms with E-state index in [1.54, 1.807) is 59.9 Å². The van der Waals surface area contributed by atoms with Gasteiger partial charge >= 0.3 is 0 Å². The van der Waals surface area contributed by atoms with E-state index in [2.05, 4.69) is 25.9 Å². The number of piperidine rings is 1. The molecule has 38 heavy (non-hydrogen) atoms. The van der Waals surface area contributed by atoms with Gasteiger partial charge in [-0.2, -0.15) is 9.29 Å². The molecule has 0 radical (unpaired) electrons. The van der Waals surface area contributed by atoms with Gasteiger partial charge in [0.1, 0.15) is 11.6 Å². The minimum absolute atomic E-state index is 0.262. The molecule has 0 amide bonds. The first-order valence-electron chi connectivity index (χ1n) is 13.3. The van der Waals surface area contributed by atoms with Crippen LogP contribution in [-0.4, -0.2) is 48.4 Å². The molecule has 202 valence electrons. The van der Waals surface area contributed by atoms with Crippen molar-refractivity contribution in [3.05, 3.63) is 66.1 Å². The van der Waals surface area contributed by atoms with E-state index in [0.717, 1.165) is 25.1 Å². The average molecular weight is 539 g/mol. The lowest BCUT2D eigenvalue weighted by molar-refractivity contribution is 0.254. The Bertz CT molecular complexity index is 1350. The Morgan fingerprint density at radius 3 is 2.50 bits per heavy atom. The molecule has 3 aromatic rings. The van der Waals surface area contributed by atoms with Gasteiger partial charge < -0.3 is 16.0 Å². The second-order valence-corrected chi connectivity index (χ2v) is 12.2. The van der Waals surface area contributed by atoms with Crippen LogP contribution in [0.15, 0.2) is 59.6 Å². The van der Waals surface area contributed by atoms with Crippen molar-refractivity contribution in [3.63, 3.8) is 0 Å². The first-order valence-corrected chi connectivity index (χ1v) is 14.8. The summed E-state index contributed by atoms with van der Waals surface area (Å²) >= 11 is 0. The van der Waals surface area contributed by atoms with Crippen molar-refractivity contribution >= 4 is 33.2 Å². The summed E-state index contributed by atoms with van der Waals surface area (Å²) < 4.78 is 41.9.